The highest BCUT2D eigenvalue weighted by Gasteiger charge is 2.10. The van der Waals surface area contributed by atoms with Crippen LogP contribution in [-0.2, 0) is 13.2 Å². The zero-order valence-corrected chi connectivity index (χ0v) is 14.7. The van der Waals surface area contributed by atoms with Gasteiger partial charge in [0.15, 0.2) is 0 Å². The molecule has 106 valence electrons. The number of benzene rings is 2. The maximum atomic E-state index is 5.98. The van der Waals surface area contributed by atoms with Gasteiger partial charge < -0.3 is 10.5 Å². The van der Waals surface area contributed by atoms with Crippen LogP contribution in [0.15, 0.2) is 39.3 Å². The minimum Gasteiger partial charge on any atom is -0.487 e. The minimum absolute atomic E-state index is 0.508. The van der Waals surface area contributed by atoms with Gasteiger partial charge in [0.2, 0.25) is 0 Å². The Kier molecular flexibility index (Phi) is 5.24. The molecule has 0 saturated carbocycles. The molecule has 4 heteroatoms. The Hall–Kier alpha value is -0.840. The number of halogens is 2. The predicted octanol–water partition coefficient (Wildman–Crippen LogP) is 4.87. The van der Waals surface area contributed by atoms with Crippen molar-refractivity contribution in [3.05, 3.63) is 61.5 Å². The van der Waals surface area contributed by atoms with Crippen LogP contribution in [0.1, 0.15) is 22.3 Å². The van der Waals surface area contributed by atoms with Crippen molar-refractivity contribution in [3.63, 3.8) is 0 Å². The SMILES string of the molecule is Cc1cccc(C)c1COc1c(Br)cc(CN)cc1Br. The Morgan fingerprint density at radius 2 is 1.60 bits per heavy atom. The summed E-state index contributed by atoms with van der Waals surface area (Å²) in [6, 6.07) is 10.3. The summed E-state index contributed by atoms with van der Waals surface area (Å²) in [6.45, 7) is 5.27. The van der Waals surface area contributed by atoms with E-state index in [-0.39, 0.29) is 0 Å². The lowest BCUT2D eigenvalue weighted by Crippen LogP contribution is -2.03. The van der Waals surface area contributed by atoms with Crippen molar-refractivity contribution in [2.24, 2.45) is 5.73 Å². The summed E-state index contributed by atoms with van der Waals surface area (Å²) in [5.74, 6) is 0.810. The lowest BCUT2D eigenvalue weighted by molar-refractivity contribution is 0.300. The average Bonchev–Trinajstić information content (AvgIpc) is 2.40. The fraction of sp³-hybridized carbons (Fsp3) is 0.250. The Morgan fingerprint density at radius 3 is 2.10 bits per heavy atom. The van der Waals surface area contributed by atoms with Crippen LogP contribution >= 0.6 is 31.9 Å². The topological polar surface area (TPSA) is 35.2 Å². The van der Waals surface area contributed by atoms with Gasteiger partial charge in [0, 0.05) is 6.54 Å². The maximum Gasteiger partial charge on any atom is 0.148 e. The summed E-state index contributed by atoms with van der Waals surface area (Å²) in [7, 11) is 0. The molecule has 2 N–H and O–H groups in total. The molecule has 0 atom stereocenters. The number of rotatable bonds is 4. The largest absolute Gasteiger partial charge is 0.487 e. The van der Waals surface area contributed by atoms with Gasteiger partial charge in [-0.05, 0) is 80.1 Å². The van der Waals surface area contributed by atoms with Gasteiger partial charge in [0.05, 0.1) is 8.95 Å². The first-order chi connectivity index (χ1) is 9.52. The fourth-order valence-corrected chi connectivity index (χ4v) is 3.60. The van der Waals surface area contributed by atoms with Crippen LogP contribution in [0.4, 0.5) is 0 Å². The van der Waals surface area contributed by atoms with E-state index in [0.717, 1.165) is 20.3 Å². The molecule has 2 nitrogen and oxygen atoms in total. The molecule has 2 rings (SSSR count). The normalized spacial score (nSPS) is 10.7. The van der Waals surface area contributed by atoms with Crippen molar-refractivity contribution in [2.75, 3.05) is 0 Å². The van der Waals surface area contributed by atoms with Gasteiger partial charge in [-0.2, -0.15) is 0 Å². The minimum atomic E-state index is 0.508. The van der Waals surface area contributed by atoms with Gasteiger partial charge in [-0.3, -0.25) is 0 Å². The fourth-order valence-electron chi connectivity index (χ4n) is 2.09. The molecule has 2 aromatic carbocycles. The van der Waals surface area contributed by atoms with E-state index in [2.05, 4.69) is 63.9 Å². The van der Waals surface area contributed by atoms with Gasteiger partial charge in [-0.1, -0.05) is 18.2 Å². The molecule has 0 fully saturated rings. The molecular formula is C16H17Br2NO. The summed E-state index contributed by atoms with van der Waals surface area (Å²) >= 11 is 7.08. The molecule has 20 heavy (non-hydrogen) atoms. The van der Waals surface area contributed by atoms with E-state index >= 15 is 0 Å². The standard InChI is InChI=1S/C16H17Br2NO/c1-10-4-3-5-11(2)13(10)9-20-16-14(17)6-12(8-19)7-15(16)18/h3-7H,8-9,19H2,1-2H3. The third kappa shape index (κ3) is 3.43. The summed E-state index contributed by atoms with van der Waals surface area (Å²) < 4.78 is 7.81. The summed E-state index contributed by atoms with van der Waals surface area (Å²) in [5, 5.41) is 0. The first kappa shape index (κ1) is 15.5. The van der Waals surface area contributed by atoms with E-state index < -0.39 is 0 Å². The third-order valence-corrected chi connectivity index (χ3v) is 4.48. The van der Waals surface area contributed by atoms with Crippen molar-refractivity contribution in [1.29, 1.82) is 0 Å². The highest BCUT2D eigenvalue weighted by Crippen LogP contribution is 2.35. The van der Waals surface area contributed by atoms with Gasteiger partial charge in [-0.25, -0.2) is 0 Å². The lowest BCUT2D eigenvalue weighted by atomic mass is 10.0. The first-order valence-corrected chi connectivity index (χ1v) is 7.97. The van der Waals surface area contributed by atoms with Crippen LogP contribution in [0.25, 0.3) is 0 Å². The molecule has 0 aliphatic heterocycles. The zero-order chi connectivity index (χ0) is 14.7. The second-order valence-corrected chi connectivity index (χ2v) is 6.46. The Morgan fingerprint density at radius 1 is 1.05 bits per heavy atom. The van der Waals surface area contributed by atoms with Gasteiger partial charge >= 0.3 is 0 Å². The highest BCUT2D eigenvalue weighted by atomic mass is 79.9. The van der Waals surface area contributed by atoms with E-state index in [0.29, 0.717) is 13.2 Å². The van der Waals surface area contributed by atoms with Crippen LogP contribution in [0, 0.1) is 13.8 Å². The van der Waals surface area contributed by atoms with E-state index in [4.69, 9.17) is 10.5 Å². The predicted molar refractivity (Wildman–Crippen MR) is 90.0 cm³/mol. The quantitative estimate of drug-likeness (QED) is 0.797. The van der Waals surface area contributed by atoms with Crippen molar-refractivity contribution in [2.45, 2.75) is 27.0 Å². The number of hydrogen-bond acceptors (Lipinski definition) is 2. The van der Waals surface area contributed by atoms with Crippen molar-refractivity contribution >= 4 is 31.9 Å². The Balaban J connectivity index is 2.23. The molecule has 0 radical (unpaired) electrons. The summed E-state index contributed by atoms with van der Waals surface area (Å²) in [6.07, 6.45) is 0. The number of hydrogen-bond donors (Lipinski definition) is 1. The lowest BCUT2D eigenvalue weighted by Gasteiger charge is -2.14. The molecule has 0 aromatic heterocycles. The Labute approximate surface area is 136 Å². The van der Waals surface area contributed by atoms with E-state index in [1.165, 1.54) is 16.7 Å². The molecule has 0 bridgehead atoms. The second-order valence-electron chi connectivity index (χ2n) is 4.75. The summed E-state index contributed by atoms with van der Waals surface area (Å²) in [5.41, 5.74) is 10.4. The Bertz CT molecular complexity index is 583. The zero-order valence-electron chi connectivity index (χ0n) is 11.5. The molecule has 0 saturated heterocycles. The van der Waals surface area contributed by atoms with Crippen LogP contribution in [-0.4, -0.2) is 0 Å². The van der Waals surface area contributed by atoms with E-state index in [1.807, 2.05) is 12.1 Å². The van der Waals surface area contributed by atoms with Crippen molar-refractivity contribution in [1.82, 2.24) is 0 Å². The number of aryl methyl sites for hydroxylation is 2. The van der Waals surface area contributed by atoms with Crippen LogP contribution in [0.3, 0.4) is 0 Å². The maximum absolute atomic E-state index is 5.98. The molecule has 2 aromatic rings. The smallest absolute Gasteiger partial charge is 0.148 e. The number of ether oxygens (including phenoxy) is 1. The first-order valence-electron chi connectivity index (χ1n) is 6.38. The van der Waals surface area contributed by atoms with Crippen LogP contribution in [0.2, 0.25) is 0 Å². The van der Waals surface area contributed by atoms with E-state index in [9.17, 15) is 0 Å². The molecule has 0 spiro atoms. The van der Waals surface area contributed by atoms with Crippen molar-refractivity contribution < 1.29 is 4.74 Å². The molecule has 0 unspecified atom stereocenters. The van der Waals surface area contributed by atoms with Gasteiger partial charge in [-0.15, -0.1) is 0 Å². The van der Waals surface area contributed by atoms with Crippen LogP contribution in [0.5, 0.6) is 5.75 Å². The monoisotopic (exact) mass is 397 g/mol. The van der Waals surface area contributed by atoms with Gasteiger partial charge in [0.1, 0.15) is 12.4 Å². The molecular weight excluding hydrogens is 382 g/mol. The number of nitrogens with two attached hydrogens (primary N) is 1. The highest BCUT2D eigenvalue weighted by molar-refractivity contribution is 9.11. The van der Waals surface area contributed by atoms with Crippen LogP contribution < -0.4 is 10.5 Å². The molecule has 0 heterocycles. The second kappa shape index (κ2) is 6.74. The van der Waals surface area contributed by atoms with E-state index in [1.54, 1.807) is 0 Å². The molecule has 0 aliphatic carbocycles. The summed E-state index contributed by atoms with van der Waals surface area (Å²) in [4.78, 5) is 0. The molecule has 0 aliphatic rings. The third-order valence-electron chi connectivity index (χ3n) is 3.30. The van der Waals surface area contributed by atoms with Gasteiger partial charge in [0.25, 0.3) is 0 Å². The average molecular weight is 399 g/mol. The van der Waals surface area contributed by atoms with Crippen molar-refractivity contribution in [3.8, 4) is 5.75 Å². The molecule has 0 amide bonds.